The van der Waals surface area contributed by atoms with E-state index in [0.29, 0.717) is 38.5 Å². The third-order valence-electron chi connectivity index (χ3n) is 21.0. The summed E-state index contributed by atoms with van der Waals surface area (Å²) in [5.41, 5.74) is -1.72. The molecule has 8 rings (SSSR count). The summed E-state index contributed by atoms with van der Waals surface area (Å²) >= 11 is 0. The van der Waals surface area contributed by atoms with Gasteiger partial charge in [-0.15, -0.1) is 0 Å². The Morgan fingerprint density at radius 3 is 1.86 bits per heavy atom. The van der Waals surface area contributed by atoms with Crippen LogP contribution in [0.3, 0.4) is 0 Å². The fraction of sp³-hybridized carbons (Fsp3) is 0.929. The van der Waals surface area contributed by atoms with E-state index in [1.54, 1.807) is 0 Å². The van der Waals surface area contributed by atoms with Gasteiger partial charge in [0, 0.05) is 0 Å². The van der Waals surface area contributed by atoms with Crippen LogP contribution in [0.1, 0.15) is 120 Å². The highest BCUT2D eigenvalue weighted by Crippen LogP contribution is 2.76. The molecule has 0 aromatic heterocycles. The number of fused-ring (bicyclic) bond motifs is 5. The number of carboxylic acids is 1. The lowest BCUT2D eigenvalue weighted by molar-refractivity contribution is -0.378. The Bertz CT molecular complexity index is 2180. The zero-order chi connectivity index (χ0) is 59.6. The molecular weight excluding hydrogens is 1070 g/mol. The molecule has 0 spiro atoms. The van der Waals surface area contributed by atoms with Gasteiger partial charge < -0.3 is 114 Å². The lowest BCUT2D eigenvalue weighted by atomic mass is 9.35. The van der Waals surface area contributed by atoms with Crippen molar-refractivity contribution in [1.29, 1.82) is 0 Å². The Balaban J connectivity index is 0.997. The fourth-order valence-electron chi connectivity index (χ4n) is 16.3. The molecule has 0 bridgehead atoms. The maximum atomic E-state index is 12.9. The number of aliphatic carboxylic acids is 1. The van der Waals surface area contributed by atoms with E-state index in [4.69, 9.17) is 47.7 Å². The Hall–Kier alpha value is -2.16. The smallest absolute Gasteiger partial charge is 0.317 e. The van der Waals surface area contributed by atoms with E-state index in [1.807, 2.05) is 20.8 Å². The summed E-state index contributed by atoms with van der Waals surface area (Å²) in [6.07, 6.45) is -25.5. The van der Waals surface area contributed by atoms with Crippen molar-refractivity contribution >= 4 is 11.9 Å². The van der Waals surface area contributed by atoms with Crippen LogP contribution in [-0.2, 0) is 52.2 Å². The van der Waals surface area contributed by atoms with Gasteiger partial charge in [-0.1, -0.05) is 46.3 Å². The second-order valence-corrected chi connectivity index (χ2v) is 26.4. The summed E-state index contributed by atoms with van der Waals surface area (Å²) in [7, 11) is 0. The number of rotatable bonds is 18. The number of hydrogen-bond donors (Lipinski definition) is 14. The number of hydrogen-bond acceptors (Lipinski definition) is 24. The van der Waals surface area contributed by atoms with Crippen molar-refractivity contribution in [3.63, 3.8) is 0 Å². The minimum atomic E-state index is -1.95. The average Bonchev–Trinajstić information content (AvgIpc) is 2.94. The number of esters is 1. The number of aliphatic hydroxyl groups excluding tert-OH is 13. The van der Waals surface area contributed by atoms with E-state index < -0.39 is 184 Å². The van der Waals surface area contributed by atoms with Crippen LogP contribution in [0.15, 0.2) is 11.6 Å². The van der Waals surface area contributed by atoms with E-state index in [2.05, 4.69) is 40.7 Å². The van der Waals surface area contributed by atoms with E-state index >= 15 is 0 Å². The van der Waals surface area contributed by atoms with Crippen molar-refractivity contribution in [2.45, 2.75) is 254 Å². The maximum Gasteiger partial charge on any atom is 0.317 e. The Kier molecular flexibility index (Phi) is 19.9. The Morgan fingerprint density at radius 2 is 1.22 bits per heavy atom. The molecule has 25 nitrogen and oxygen atoms in total. The molecule has 4 saturated heterocycles. The normalized spacial score (nSPS) is 49.6. The first-order valence-corrected chi connectivity index (χ1v) is 28.8. The maximum absolute atomic E-state index is 12.9. The predicted molar refractivity (Wildman–Crippen MR) is 276 cm³/mol. The van der Waals surface area contributed by atoms with Crippen LogP contribution in [0.25, 0.3) is 0 Å². The third kappa shape index (κ3) is 12.2. The summed E-state index contributed by atoms with van der Waals surface area (Å²) in [5, 5.41) is 152. The van der Waals surface area contributed by atoms with Crippen LogP contribution in [0, 0.1) is 45.3 Å². The molecule has 0 aromatic carbocycles. The van der Waals surface area contributed by atoms with Gasteiger partial charge in [0.2, 0.25) is 0 Å². The molecule has 4 heterocycles. The average molecular weight is 1170 g/mol. The molecule has 25 heteroatoms. The van der Waals surface area contributed by atoms with Crippen LogP contribution in [-0.4, -0.2) is 244 Å². The van der Waals surface area contributed by atoms with Crippen molar-refractivity contribution < 1.29 is 124 Å². The monoisotopic (exact) mass is 1160 g/mol. The van der Waals surface area contributed by atoms with Crippen molar-refractivity contribution in [3.8, 4) is 0 Å². The lowest BCUT2D eigenvalue weighted by Crippen LogP contribution is -2.68. The molecule has 0 amide bonds. The first-order valence-electron chi connectivity index (χ1n) is 28.8. The molecule has 466 valence electrons. The fourth-order valence-corrected chi connectivity index (χ4v) is 16.3. The molecule has 8 fully saturated rings. The summed E-state index contributed by atoms with van der Waals surface area (Å²) in [4.78, 5) is 23.0. The highest BCUT2D eigenvalue weighted by Gasteiger charge is 2.72. The van der Waals surface area contributed by atoms with E-state index in [0.717, 1.165) is 24.8 Å². The molecule has 4 saturated carbocycles. The van der Waals surface area contributed by atoms with Crippen molar-refractivity contribution in [3.05, 3.63) is 11.6 Å². The van der Waals surface area contributed by atoms with E-state index in [-0.39, 0.29) is 41.1 Å². The molecule has 14 N–H and O–H groups in total. The van der Waals surface area contributed by atoms with Gasteiger partial charge in [0.15, 0.2) is 25.2 Å². The summed E-state index contributed by atoms with van der Waals surface area (Å²) in [6, 6.07) is 0. The van der Waals surface area contributed by atoms with Crippen molar-refractivity contribution in [2.75, 3.05) is 26.4 Å². The van der Waals surface area contributed by atoms with Crippen LogP contribution in [0.5, 0.6) is 0 Å². The number of allylic oxidation sites excluding steroid dienone is 2. The van der Waals surface area contributed by atoms with Crippen LogP contribution >= 0.6 is 0 Å². The Morgan fingerprint density at radius 1 is 0.630 bits per heavy atom. The second kappa shape index (κ2) is 24.9. The van der Waals surface area contributed by atoms with Gasteiger partial charge in [-0.3, -0.25) is 9.59 Å². The summed E-state index contributed by atoms with van der Waals surface area (Å²) in [5.74, 6) is -3.18. The third-order valence-corrected chi connectivity index (χ3v) is 21.0. The standard InChI is InChI=1S/C56H92O25/c1-24(2)10-9-14-56(8,81-50-46(72)42(68)40(66)30(78-50)23-75-48-44(70)37(63)27(59)21-74-48)25-11-16-55(7)36(25)26(58)18-32-53(5)15-13-33(52(3,4)31(53)12-17-54(32,55)6)79-51-47(43(69)38(64)28(20-57)76-51)80-49-45(71)41(67)39(65)29(77-49)22-73-35(62)19-34(60)61/h10,25-33,36-51,57-59,63-72H,9,11-23H2,1-8H3,(H,60,61)/t25-,26+,27-,28+,29+,30+,31-,32+,33-,36-,37-,38+,39+,40+,41-,42-,43-,44+,45+,46+,47+,48-,49-,50-,51-,53-,54+,55+,56-/m0/s1. The van der Waals surface area contributed by atoms with Crippen molar-refractivity contribution in [1.82, 2.24) is 0 Å². The highest BCUT2D eigenvalue weighted by atomic mass is 16.8. The number of carbonyl (C=O) groups excluding carboxylic acids is 1. The van der Waals surface area contributed by atoms with Gasteiger partial charge in [0.05, 0.1) is 37.6 Å². The van der Waals surface area contributed by atoms with Gasteiger partial charge in [-0.2, -0.15) is 0 Å². The number of aliphatic hydroxyl groups is 13. The summed E-state index contributed by atoms with van der Waals surface area (Å²) in [6.45, 7) is 14.8. The Labute approximate surface area is 472 Å². The minimum Gasteiger partial charge on any atom is -0.481 e. The van der Waals surface area contributed by atoms with Crippen LogP contribution < -0.4 is 0 Å². The zero-order valence-electron chi connectivity index (χ0n) is 47.7. The largest absolute Gasteiger partial charge is 0.481 e. The van der Waals surface area contributed by atoms with Gasteiger partial charge in [-0.05, 0) is 124 Å². The first kappa shape index (κ1) is 64.8. The first-order chi connectivity index (χ1) is 37.8. The van der Waals surface area contributed by atoms with Gasteiger partial charge >= 0.3 is 11.9 Å². The van der Waals surface area contributed by atoms with Gasteiger partial charge in [0.1, 0.15) is 105 Å². The predicted octanol–water partition coefficient (Wildman–Crippen LogP) is -1.54. The highest BCUT2D eigenvalue weighted by molar-refractivity contribution is 5.90. The topological polar surface area (TPSA) is 400 Å². The number of carbonyl (C=O) groups is 2. The SMILES string of the molecule is CC(C)=CCC[C@](C)(O[C@@H]1O[C@H](CO[C@@H]2OC[C@H](O)[C@H](O)[C@H]2O)[C@@H](O)[C@H](O)[C@H]1O)[C@H]1CC[C@]2(C)[C@@H]1[C@H](O)C[C@@H]1[C@@]3(C)CC[C@H](O[C@@H]4O[C@H](CO)[C@@H](O)[C@H](O)[C@H]4O[C@@H]4O[C@H](COC(=O)CC(=O)O)[C@@H](O)[C@H](O)[C@H]4O)C(C)(C)[C@@H]3CC[C@]12C. The molecular formula is C56H92O25. The number of carboxylic acid groups (broad SMARTS) is 1. The quantitative estimate of drug-likeness (QED) is 0.0320. The lowest BCUT2D eigenvalue weighted by Gasteiger charge is -2.71. The van der Waals surface area contributed by atoms with Gasteiger partial charge in [-0.25, -0.2) is 0 Å². The number of ether oxygens (including phenoxy) is 9. The second-order valence-electron chi connectivity index (χ2n) is 26.4. The molecule has 4 aliphatic carbocycles. The van der Waals surface area contributed by atoms with Crippen molar-refractivity contribution in [2.24, 2.45) is 45.3 Å². The molecule has 0 radical (unpaired) electrons. The zero-order valence-corrected chi connectivity index (χ0v) is 47.7. The molecule has 0 aromatic rings. The molecule has 29 atom stereocenters. The molecule has 0 unspecified atom stereocenters. The minimum absolute atomic E-state index is 0.00544. The molecule has 81 heavy (non-hydrogen) atoms. The van der Waals surface area contributed by atoms with Crippen LogP contribution in [0.2, 0.25) is 0 Å². The van der Waals surface area contributed by atoms with Gasteiger partial charge in [0.25, 0.3) is 0 Å². The van der Waals surface area contributed by atoms with E-state index in [1.165, 1.54) is 0 Å². The van der Waals surface area contributed by atoms with E-state index in [9.17, 15) is 76.0 Å². The van der Waals surface area contributed by atoms with Crippen LogP contribution in [0.4, 0.5) is 0 Å². The molecule has 4 aliphatic heterocycles. The summed E-state index contributed by atoms with van der Waals surface area (Å²) < 4.78 is 53.9. The molecule has 8 aliphatic rings.